The molecule has 4 heteroatoms. The van der Waals surface area contributed by atoms with Gasteiger partial charge in [0.15, 0.2) is 0 Å². The minimum atomic E-state index is 0.870. The van der Waals surface area contributed by atoms with Crippen LogP contribution in [-0.4, -0.2) is 9.38 Å². The third kappa shape index (κ3) is 2.76. The van der Waals surface area contributed by atoms with E-state index in [1.165, 1.54) is 10.8 Å². The summed E-state index contributed by atoms with van der Waals surface area (Å²) in [5.41, 5.74) is 10.0. The second-order valence-electron chi connectivity index (χ2n) is 10.8. The summed E-state index contributed by atoms with van der Waals surface area (Å²) in [5, 5.41) is 7.96. The Bertz CT molecular complexity index is 2710. The zero-order valence-corrected chi connectivity index (χ0v) is 21.8. The van der Waals surface area contributed by atoms with Crippen LogP contribution in [0.1, 0.15) is 0 Å². The van der Waals surface area contributed by atoms with Gasteiger partial charge in [0.25, 0.3) is 0 Å². The number of hydrogen-bond acceptors (Lipinski definition) is 3. The highest BCUT2D eigenvalue weighted by Crippen LogP contribution is 2.41. The molecule has 0 fully saturated rings. The van der Waals surface area contributed by atoms with E-state index in [1.54, 1.807) is 0 Å². The summed E-state index contributed by atoms with van der Waals surface area (Å²) in [6, 6.07) is 42.4. The average molecular weight is 525 g/mol. The van der Waals surface area contributed by atoms with Crippen molar-refractivity contribution in [1.82, 2.24) is 9.38 Å². The minimum Gasteiger partial charge on any atom is -0.456 e. The average Bonchev–Trinajstić information content (AvgIpc) is 3.71. The first-order chi connectivity index (χ1) is 20.3. The van der Waals surface area contributed by atoms with Gasteiger partial charge in [0.05, 0.1) is 16.6 Å². The number of nitrogens with zero attached hydrogens (tertiary/aromatic N) is 2. The molecular weight excluding hydrogens is 504 g/mol. The van der Waals surface area contributed by atoms with Crippen LogP contribution in [0.3, 0.4) is 0 Å². The summed E-state index contributed by atoms with van der Waals surface area (Å²) in [5.74, 6) is 0. The zero-order chi connectivity index (χ0) is 26.7. The molecule has 0 aliphatic rings. The van der Waals surface area contributed by atoms with Crippen molar-refractivity contribution in [2.75, 3.05) is 0 Å². The van der Waals surface area contributed by atoms with Gasteiger partial charge in [-0.15, -0.1) is 0 Å². The van der Waals surface area contributed by atoms with Crippen LogP contribution in [-0.2, 0) is 0 Å². The van der Waals surface area contributed by atoms with Crippen molar-refractivity contribution in [1.29, 1.82) is 0 Å². The Hall–Kier alpha value is -5.61. The summed E-state index contributed by atoms with van der Waals surface area (Å²) in [6.45, 7) is 0. The first-order valence-corrected chi connectivity index (χ1v) is 13.8. The largest absolute Gasteiger partial charge is 0.456 e. The number of hydrogen-bond donors (Lipinski definition) is 0. The quantitative estimate of drug-likeness (QED) is 0.201. The van der Waals surface area contributed by atoms with Gasteiger partial charge in [-0.2, -0.15) is 0 Å². The summed E-state index contributed by atoms with van der Waals surface area (Å²) >= 11 is 0. The van der Waals surface area contributed by atoms with Crippen LogP contribution >= 0.6 is 0 Å². The van der Waals surface area contributed by atoms with Gasteiger partial charge in [-0.05, 0) is 77.2 Å². The highest BCUT2D eigenvalue weighted by atomic mass is 16.3. The van der Waals surface area contributed by atoms with Crippen molar-refractivity contribution in [3.63, 3.8) is 0 Å². The lowest BCUT2D eigenvalue weighted by Crippen LogP contribution is -1.91. The molecule has 0 N–H and O–H groups in total. The van der Waals surface area contributed by atoms with Gasteiger partial charge in [-0.25, -0.2) is 4.98 Å². The molecule has 0 spiro atoms. The zero-order valence-electron chi connectivity index (χ0n) is 21.8. The van der Waals surface area contributed by atoms with Gasteiger partial charge in [0.2, 0.25) is 0 Å². The Morgan fingerprint density at radius 1 is 0.439 bits per heavy atom. The molecular formula is C37H20N2O2. The number of para-hydroxylation sites is 4. The predicted molar refractivity (Wildman–Crippen MR) is 168 cm³/mol. The maximum absolute atomic E-state index is 6.44. The molecule has 0 saturated heterocycles. The Kier molecular flexibility index (Phi) is 3.90. The second kappa shape index (κ2) is 7.52. The van der Waals surface area contributed by atoms with Gasteiger partial charge in [-0.1, -0.05) is 60.7 Å². The van der Waals surface area contributed by atoms with Crippen molar-refractivity contribution >= 4 is 82.2 Å². The van der Waals surface area contributed by atoms with Crippen LogP contribution in [0.5, 0.6) is 0 Å². The Labute approximate surface area is 232 Å². The molecule has 0 bridgehead atoms. The van der Waals surface area contributed by atoms with Gasteiger partial charge in [-0.3, -0.25) is 4.40 Å². The molecule has 6 aromatic carbocycles. The summed E-state index contributed by atoms with van der Waals surface area (Å²) < 4.78 is 14.9. The van der Waals surface area contributed by atoms with Crippen molar-refractivity contribution < 1.29 is 8.83 Å². The van der Waals surface area contributed by atoms with Crippen molar-refractivity contribution in [2.45, 2.75) is 0 Å². The van der Waals surface area contributed by atoms with E-state index >= 15 is 0 Å². The van der Waals surface area contributed by atoms with Gasteiger partial charge < -0.3 is 8.83 Å². The van der Waals surface area contributed by atoms with Crippen molar-refractivity contribution in [2.24, 2.45) is 0 Å². The Morgan fingerprint density at radius 3 is 1.93 bits per heavy atom. The number of aromatic nitrogens is 2. The first-order valence-electron chi connectivity index (χ1n) is 13.8. The topological polar surface area (TPSA) is 43.6 Å². The molecule has 0 unspecified atom stereocenters. The molecule has 4 aromatic heterocycles. The Morgan fingerprint density at radius 2 is 1.07 bits per heavy atom. The normalized spacial score (nSPS) is 12.4. The lowest BCUT2D eigenvalue weighted by atomic mass is 9.98. The van der Waals surface area contributed by atoms with E-state index in [0.29, 0.717) is 0 Å². The van der Waals surface area contributed by atoms with E-state index in [1.807, 2.05) is 30.3 Å². The maximum Gasteiger partial charge on any atom is 0.146 e. The highest BCUT2D eigenvalue weighted by molar-refractivity contribution is 6.26. The summed E-state index contributed by atoms with van der Waals surface area (Å²) in [4.78, 5) is 5.04. The van der Waals surface area contributed by atoms with Crippen LogP contribution in [0.4, 0.5) is 0 Å². The number of pyridine rings is 1. The van der Waals surface area contributed by atoms with Crippen LogP contribution in [0, 0.1) is 0 Å². The number of fused-ring (bicyclic) bond motifs is 15. The molecule has 4 heterocycles. The predicted octanol–water partition coefficient (Wildman–Crippen LogP) is 10.3. The summed E-state index contributed by atoms with van der Waals surface area (Å²) in [6.07, 6.45) is 0. The summed E-state index contributed by atoms with van der Waals surface area (Å²) in [7, 11) is 0. The molecule has 0 atom stereocenters. The molecule has 10 rings (SSSR count). The van der Waals surface area contributed by atoms with E-state index in [4.69, 9.17) is 13.8 Å². The molecule has 0 aliphatic heterocycles. The van der Waals surface area contributed by atoms with E-state index in [0.717, 1.165) is 82.6 Å². The minimum absolute atomic E-state index is 0.870. The maximum atomic E-state index is 6.44. The van der Waals surface area contributed by atoms with Crippen molar-refractivity contribution in [3.05, 3.63) is 121 Å². The van der Waals surface area contributed by atoms with Crippen molar-refractivity contribution in [3.8, 4) is 11.1 Å². The Balaban J connectivity index is 1.23. The lowest BCUT2D eigenvalue weighted by Gasteiger charge is -2.11. The second-order valence-corrected chi connectivity index (χ2v) is 10.8. The number of benzene rings is 6. The third-order valence-electron chi connectivity index (χ3n) is 8.57. The third-order valence-corrected chi connectivity index (χ3v) is 8.57. The molecule has 0 saturated carbocycles. The van der Waals surface area contributed by atoms with Gasteiger partial charge >= 0.3 is 0 Å². The fourth-order valence-corrected chi connectivity index (χ4v) is 6.75. The van der Waals surface area contributed by atoms with E-state index in [-0.39, 0.29) is 0 Å². The number of furan rings is 2. The van der Waals surface area contributed by atoms with Crippen LogP contribution < -0.4 is 0 Å². The standard InChI is InChI=1S/C37H20N2O2/c1-4-10-29-23(7-1)27-19-21(13-15-24(27)37-38-28-9-3-5-11-30(28)39(29)37)22-14-16-26-34(20-22)41-33-18-17-32-35(36(26)33)25-8-2-6-12-31(25)40-32/h1-20H. The van der Waals surface area contributed by atoms with Gasteiger partial charge in [0, 0.05) is 32.3 Å². The highest BCUT2D eigenvalue weighted by Gasteiger charge is 2.18. The van der Waals surface area contributed by atoms with E-state index in [2.05, 4.69) is 95.4 Å². The van der Waals surface area contributed by atoms with E-state index < -0.39 is 0 Å². The molecule has 0 aliphatic carbocycles. The smallest absolute Gasteiger partial charge is 0.146 e. The van der Waals surface area contributed by atoms with Crippen LogP contribution in [0.25, 0.3) is 93.4 Å². The number of rotatable bonds is 1. The molecule has 4 nitrogen and oxygen atoms in total. The molecule has 0 radical (unpaired) electrons. The molecule has 41 heavy (non-hydrogen) atoms. The fourth-order valence-electron chi connectivity index (χ4n) is 6.75. The number of imidazole rings is 1. The monoisotopic (exact) mass is 524 g/mol. The molecule has 190 valence electrons. The molecule has 0 amide bonds. The lowest BCUT2D eigenvalue weighted by molar-refractivity contribution is 0.663. The molecule has 10 aromatic rings. The van der Waals surface area contributed by atoms with E-state index in [9.17, 15) is 0 Å². The first kappa shape index (κ1) is 21.2. The van der Waals surface area contributed by atoms with Crippen LogP contribution in [0.15, 0.2) is 130 Å². The SMILES string of the molecule is c1ccc2c(c1)nc1c3ccc(-c4ccc5c(c4)oc4ccc6oc7ccccc7c6c45)cc3c3ccccc3n21. The van der Waals surface area contributed by atoms with Gasteiger partial charge in [0.1, 0.15) is 28.0 Å². The fraction of sp³-hybridized carbons (Fsp3) is 0. The van der Waals surface area contributed by atoms with Crippen LogP contribution in [0.2, 0.25) is 0 Å².